The van der Waals surface area contributed by atoms with Gasteiger partial charge in [-0.05, 0) is 23.8 Å². The molecule has 6 heteroatoms. The minimum absolute atomic E-state index is 0.145. The van der Waals surface area contributed by atoms with Crippen molar-refractivity contribution in [3.8, 4) is 0 Å². The molecule has 1 unspecified atom stereocenters. The van der Waals surface area contributed by atoms with E-state index in [1.807, 2.05) is 27.0 Å². The van der Waals surface area contributed by atoms with Crippen LogP contribution in [0.4, 0.5) is 0 Å². The molecular weight excluding hydrogens is 252 g/mol. The van der Waals surface area contributed by atoms with Gasteiger partial charge in [-0.3, -0.25) is 4.79 Å². The summed E-state index contributed by atoms with van der Waals surface area (Å²) in [6, 6.07) is -1.11. The zero-order chi connectivity index (χ0) is 14.3. The lowest BCUT2D eigenvalue weighted by Crippen LogP contribution is -2.45. The maximum absolute atomic E-state index is 11.7. The van der Waals surface area contributed by atoms with Crippen molar-refractivity contribution >= 4 is 23.6 Å². The summed E-state index contributed by atoms with van der Waals surface area (Å²) in [6.07, 6.45) is 2.47. The van der Waals surface area contributed by atoms with Crippen LogP contribution in [0.5, 0.6) is 0 Å². The smallest absolute Gasteiger partial charge is 0.326 e. The van der Waals surface area contributed by atoms with Gasteiger partial charge in [0, 0.05) is 12.5 Å². The topological polar surface area (TPSA) is 92.4 Å². The number of aliphatic carboxylic acids is 1. The molecule has 18 heavy (non-hydrogen) atoms. The van der Waals surface area contributed by atoms with Gasteiger partial charge in [0.05, 0.1) is 0 Å². The quantitative estimate of drug-likeness (QED) is 0.647. The minimum atomic E-state index is -0.998. The minimum Gasteiger partial charge on any atom is -0.480 e. The molecule has 2 atom stereocenters. The van der Waals surface area contributed by atoms with Crippen molar-refractivity contribution in [3.05, 3.63) is 0 Å². The number of carbonyl (C=O) groups is 2. The lowest BCUT2D eigenvalue weighted by Gasteiger charge is -2.27. The van der Waals surface area contributed by atoms with Crippen LogP contribution in [0, 0.1) is 5.41 Å². The van der Waals surface area contributed by atoms with E-state index in [-0.39, 0.29) is 23.8 Å². The highest BCUT2D eigenvalue weighted by Gasteiger charge is 2.25. The van der Waals surface area contributed by atoms with Gasteiger partial charge in [-0.15, -0.1) is 0 Å². The first-order valence-corrected chi connectivity index (χ1v) is 7.34. The van der Waals surface area contributed by atoms with Gasteiger partial charge in [0.1, 0.15) is 6.04 Å². The van der Waals surface area contributed by atoms with Crippen LogP contribution in [-0.4, -0.2) is 41.1 Å². The molecule has 0 radical (unpaired) electrons. The van der Waals surface area contributed by atoms with Gasteiger partial charge in [0.25, 0.3) is 0 Å². The van der Waals surface area contributed by atoms with Crippen LogP contribution >= 0.6 is 11.8 Å². The van der Waals surface area contributed by atoms with E-state index < -0.39 is 12.0 Å². The van der Waals surface area contributed by atoms with Crippen molar-refractivity contribution in [2.75, 3.05) is 12.0 Å². The van der Waals surface area contributed by atoms with E-state index in [9.17, 15) is 9.59 Å². The average Bonchev–Trinajstić information content (AvgIpc) is 2.22. The van der Waals surface area contributed by atoms with Crippen LogP contribution in [-0.2, 0) is 9.59 Å². The van der Waals surface area contributed by atoms with Gasteiger partial charge >= 0.3 is 5.97 Å². The number of nitrogens with one attached hydrogen (secondary N) is 1. The maximum Gasteiger partial charge on any atom is 0.326 e. The average molecular weight is 276 g/mol. The van der Waals surface area contributed by atoms with Crippen molar-refractivity contribution in [3.63, 3.8) is 0 Å². The number of nitrogens with two attached hydrogens (primary N) is 1. The maximum atomic E-state index is 11.7. The van der Waals surface area contributed by atoms with Crippen LogP contribution < -0.4 is 11.1 Å². The highest BCUT2D eigenvalue weighted by Crippen LogP contribution is 2.19. The highest BCUT2D eigenvalue weighted by molar-refractivity contribution is 7.98. The van der Waals surface area contributed by atoms with Crippen molar-refractivity contribution < 1.29 is 14.7 Å². The van der Waals surface area contributed by atoms with Gasteiger partial charge < -0.3 is 16.2 Å². The van der Waals surface area contributed by atoms with Gasteiger partial charge in [-0.1, -0.05) is 20.8 Å². The molecule has 0 fully saturated rings. The Morgan fingerprint density at radius 1 is 1.39 bits per heavy atom. The normalized spacial score (nSPS) is 14.9. The molecule has 0 aliphatic carbocycles. The van der Waals surface area contributed by atoms with Crippen LogP contribution in [0.2, 0.25) is 0 Å². The van der Waals surface area contributed by atoms with Crippen LogP contribution in [0.3, 0.4) is 0 Å². The van der Waals surface area contributed by atoms with E-state index in [1.54, 1.807) is 11.8 Å². The molecule has 0 aliphatic rings. The molecule has 0 saturated heterocycles. The number of amides is 1. The summed E-state index contributed by atoms with van der Waals surface area (Å²) in [4.78, 5) is 22.7. The predicted molar refractivity (Wildman–Crippen MR) is 74.6 cm³/mol. The Labute approximate surface area is 113 Å². The van der Waals surface area contributed by atoms with Gasteiger partial charge in [0.2, 0.25) is 5.91 Å². The molecule has 0 rings (SSSR count). The SMILES string of the molecule is CSCC[C@H](NC(=O)CC(N)C(C)(C)C)C(=O)O. The summed E-state index contributed by atoms with van der Waals surface area (Å²) in [5.74, 6) is -0.601. The molecule has 0 aromatic rings. The summed E-state index contributed by atoms with van der Waals surface area (Å²) in [6.45, 7) is 5.86. The fourth-order valence-corrected chi connectivity index (χ4v) is 1.72. The molecule has 5 nitrogen and oxygen atoms in total. The van der Waals surface area contributed by atoms with E-state index in [4.69, 9.17) is 10.8 Å². The zero-order valence-electron chi connectivity index (χ0n) is 11.5. The lowest BCUT2D eigenvalue weighted by atomic mass is 9.85. The molecule has 106 valence electrons. The predicted octanol–water partition coefficient (Wildman–Crippen LogP) is 1.07. The Morgan fingerprint density at radius 2 is 1.94 bits per heavy atom. The molecule has 0 aromatic carbocycles. The van der Waals surface area contributed by atoms with E-state index in [1.165, 1.54) is 0 Å². The summed E-state index contributed by atoms with van der Waals surface area (Å²) in [5, 5.41) is 11.5. The fraction of sp³-hybridized carbons (Fsp3) is 0.833. The second-order valence-electron chi connectivity index (χ2n) is 5.42. The van der Waals surface area contributed by atoms with Crippen molar-refractivity contribution in [2.45, 2.75) is 45.7 Å². The lowest BCUT2D eigenvalue weighted by molar-refractivity contribution is -0.142. The molecule has 0 aliphatic heterocycles. The van der Waals surface area contributed by atoms with Crippen molar-refractivity contribution in [2.24, 2.45) is 11.1 Å². The molecule has 4 N–H and O–H groups in total. The van der Waals surface area contributed by atoms with Gasteiger partial charge in [-0.2, -0.15) is 11.8 Å². The van der Waals surface area contributed by atoms with Crippen LogP contribution in [0.25, 0.3) is 0 Å². The largest absolute Gasteiger partial charge is 0.480 e. The van der Waals surface area contributed by atoms with E-state index >= 15 is 0 Å². The first kappa shape index (κ1) is 17.2. The number of carbonyl (C=O) groups excluding carboxylic acids is 1. The Hall–Kier alpha value is -0.750. The second kappa shape index (κ2) is 7.63. The first-order chi connectivity index (χ1) is 8.18. The summed E-state index contributed by atoms with van der Waals surface area (Å²) in [7, 11) is 0. The third-order valence-corrected chi connectivity index (χ3v) is 3.41. The molecule has 0 saturated carbocycles. The van der Waals surface area contributed by atoms with E-state index in [0.717, 1.165) is 0 Å². The van der Waals surface area contributed by atoms with Crippen LogP contribution in [0.15, 0.2) is 0 Å². The third-order valence-electron chi connectivity index (χ3n) is 2.76. The summed E-state index contributed by atoms with van der Waals surface area (Å²) in [5.41, 5.74) is 5.72. The van der Waals surface area contributed by atoms with E-state index in [2.05, 4.69) is 5.32 Å². The zero-order valence-corrected chi connectivity index (χ0v) is 12.3. The molecular formula is C12H24N2O3S. The Balaban J connectivity index is 4.30. The number of carboxylic acid groups (broad SMARTS) is 1. The molecule has 1 amide bonds. The monoisotopic (exact) mass is 276 g/mol. The Bertz CT molecular complexity index is 290. The number of hydrogen-bond donors (Lipinski definition) is 3. The third kappa shape index (κ3) is 6.86. The first-order valence-electron chi connectivity index (χ1n) is 5.95. The summed E-state index contributed by atoms with van der Waals surface area (Å²) >= 11 is 1.55. The number of carboxylic acids is 1. The number of rotatable bonds is 7. The van der Waals surface area contributed by atoms with Crippen molar-refractivity contribution in [1.82, 2.24) is 5.32 Å². The molecule has 0 bridgehead atoms. The molecule has 0 spiro atoms. The number of hydrogen-bond acceptors (Lipinski definition) is 4. The molecule has 0 aromatic heterocycles. The van der Waals surface area contributed by atoms with Gasteiger partial charge in [-0.25, -0.2) is 4.79 Å². The standard InChI is InChI=1S/C12H24N2O3S/c1-12(2,3)9(13)7-10(15)14-8(11(16)17)5-6-18-4/h8-9H,5-7,13H2,1-4H3,(H,14,15)(H,16,17)/t8-,9?/m0/s1. The Morgan fingerprint density at radius 3 is 2.33 bits per heavy atom. The Kier molecular flexibility index (Phi) is 7.32. The van der Waals surface area contributed by atoms with Crippen LogP contribution in [0.1, 0.15) is 33.6 Å². The van der Waals surface area contributed by atoms with E-state index in [0.29, 0.717) is 12.2 Å². The fourth-order valence-electron chi connectivity index (χ4n) is 1.25. The highest BCUT2D eigenvalue weighted by atomic mass is 32.2. The summed E-state index contributed by atoms with van der Waals surface area (Å²) < 4.78 is 0. The van der Waals surface area contributed by atoms with Crippen molar-refractivity contribution in [1.29, 1.82) is 0 Å². The molecule has 0 heterocycles. The second-order valence-corrected chi connectivity index (χ2v) is 6.40. The number of thioether (sulfide) groups is 1. The van der Waals surface area contributed by atoms with Gasteiger partial charge in [0.15, 0.2) is 0 Å².